The Morgan fingerprint density at radius 2 is 1.94 bits per heavy atom. The molecule has 3 aliphatic rings. The maximum Gasteiger partial charge on any atom is 0.418 e. The fourth-order valence-electron chi connectivity index (χ4n) is 6.04. The summed E-state index contributed by atoms with van der Waals surface area (Å²) in [4.78, 5) is 54.5. The number of aliphatic carboxylic acids is 1. The van der Waals surface area contributed by atoms with Crippen molar-refractivity contribution in [1.82, 2.24) is 30.6 Å². The van der Waals surface area contributed by atoms with E-state index in [0.717, 1.165) is 79.5 Å². The third-order valence-corrected chi connectivity index (χ3v) is 10.0. The predicted molar refractivity (Wildman–Crippen MR) is 188 cm³/mol. The molecular weight excluding hydrogens is 723 g/mol. The van der Waals surface area contributed by atoms with Crippen LogP contribution in [0.4, 0.5) is 10.9 Å². The van der Waals surface area contributed by atoms with Crippen molar-refractivity contribution in [1.29, 1.82) is 0 Å². The number of nitrogens with two attached hydrogens (primary N) is 1. The Morgan fingerprint density at radius 1 is 1.19 bits per heavy atom. The molecule has 0 aliphatic carbocycles. The van der Waals surface area contributed by atoms with Gasteiger partial charge in [-0.15, -0.1) is 15.6 Å². The summed E-state index contributed by atoms with van der Waals surface area (Å²) in [6, 6.07) is 7.94. The second kappa shape index (κ2) is 15.1. The topological polar surface area (TPSA) is 260 Å². The summed E-state index contributed by atoms with van der Waals surface area (Å²) in [5.74, 6) is -1.58. The lowest BCUT2D eigenvalue weighted by molar-refractivity contribution is -0.218. The number of carboxylic acid groups (broad SMARTS) is 1. The maximum absolute atomic E-state index is 13.3. The summed E-state index contributed by atoms with van der Waals surface area (Å²) in [6.07, 6.45) is 0.399. The number of nitrogens with zero attached hydrogens (tertiary/aromatic N) is 5. The Kier molecular flexibility index (Phi) is 10.8. The van der Waals surface area contributed by atoms with Gasteiger partial charge < -0.3 is 41.3 Å². The molecule has 2 atom stereocenters. The van der Waals surface area contributed by atoms with Crippen molar-refractivity contribution in [2.45, 2.75) is 50.4 Å². The lowest BCUT2D eigenvalue weighted by Gasteiger charge is -2.50. The number of benzene rings is 1. The predicted octanol–water partition coefficient (Wildman–Crippen LogP) is 0.462. The number of rotatable bonds is 15. The zero-order chi connectivity index (χ0) is 37.2. The molecule has 0 unspecified atom stereocenters. The first-order valence-corrected chi connectivity index (χ1v) is 18.6. The molecule has 21 heteroatoms. The van der Waals surface area contributed by atoms with Crippen LogP contribution in [-0.2, 0) is 33.9 Å². The van der Waals surface area contributed by atoms with Gasteiger partial charge in [0, 0.05) is 49.5 Å². The number of hydroxylamine groups is 2. The second-order valence-corrected chi connectivity index (χ2v) is 15.1. The molecule has 0 bridgehead atoms. The standard InChI is InChI=1S/C31H39N9O10S2/c1-31(2)26(28(42)40(31)50-52(45,46)47)37-27(41)25(22-16-51-30(32)36-22)38-49-23(29(43)44)15-48-20-4-5-21-18(11-20)3-6-24(35-21)34-19-7-9-39(10-8-19)14-17-12-33-13-17/h3-6,11,16-17,19,23,26,33H,7-10,12-15H2,1-2H3,(H2,32,36)(H,34,35)(H,37,41)(H,43,44)(H,45,46,47)/b38-25-/t23-,26+/m0/s1. The van der Waals surface area contributed by atoms with Crippen LogP contribution in [0.15, 0.2) is 40.9 Å². The van der Waals surface area contributed by atoms with Gasteiger partial charge in [-0.3, -0.25) is 14.1 Å². The van der Waals surface area contributed by atoms with Crippen LogP contribution in [0.1, 0.15) is 32.4 Å². The van der Waals surface area contributed by atoms with Crippen molar-refractivity contribution >= 4 is 67.1 Å². The van der Waals surface area contributed by atoms with Crippen LogP contribution in [0, 0.1) is 5.92 Å². The molecule has 3 fully saturated rings. The highest BCUT2D eigenvalue weighted by Crippen LogP contribution is 2.33. The Bertz CT molecular complexity index is 1960. The van der Waals surface area contributed by atoms with Crippen LogP contribution >= 0.6 is 11.3 Å². The molecule has 6 rings (SSSR count). The smallest absolute Gasteiger partial charge is 0.418 e. The van der Waals surface area contributed by atoms with Crippen LogP contribution in [0.25, 0.3) is 10.9 Å². The maximum atomic E-state index is 13.3. The van der Waals surface area contributed by atoms with Crippen LogP contribution in [-0.4, -0.2) is 125 Å². The first-order chi connectivity index (χ1) is 24.7. The highest BCUT2D eigenvalue weighted by Gasteiger charge is 2.58. The Morgan fingerprint density at radius 3 is 2.56 bits per heavy atom. The number of fused-ring (bicyclic) bond motifs is 1. The van der Waals surface area contributed by atoms with Gasteiger partial charge in [0.05, 0.1) is 11.1 Å². The molecule has 2 amide bonds. The number of carbonyl (C=O) groups is 3. The molecule has 3 aromatic rings. The number of piperidine rings is 1. The first-order valence-electron chi connectivity index (χ1n) is 16.4. The average Bonchev–Trinajstić information content (AvgIpc) is 3.51. The molecule has 19 nitrogen and oxygen atoms in total. The summed E-state index contributed by atoms with van der Waals surface area (Å²) in [6.45, 7) is 7.71. The molecule has 3 aliphatic heterocycles. The first kappa shape index (κ1) is 37.1. The van der Waals surface area contributed by atoms with E-state index in [1.54, 1.807) is 18.2 Å². The van der Waals surface area contributed by atoms with Gasteiger partial charge in [-0.05, 0) is 62.9 Å². The minimum absolute atomic E-state index is 0.0630. The molecular formula is C31H39N9O10S2. The molecule has 7 N–H and O–H groups in total. The number of carbonyl (C=O) groups excluding carboxylic acids is 2. The van der Waals surface area contributed by atoms with E-state index < -0.39 is 58.2 Å². The SMILES string of the molecule is CC1(C)[C@H](NC(=O)/C(=N\O[C@@H](COc2ccc3nc(NC4CCN(CC5CNC5)CC4)ccc3c2)C(=O)O)c2csc(N)n2)C(=O)N1OS(=O)(=O)O. The number of oxime groups is 1. The lowest BCUT2D eigenvalue weighted by atomic mass is 9.84. The highest BCUT2D eigenvalue weighted by atomic mass is 32.3. The fraction of sp³-hybridized carbons (Fsp3) is 0.484. The summed E-state index contributed by atoms with van der Waals surface area (Å²) in [7, 11) is -5.02. The molecule has 2 aromatic heterocycles. The van der Waals surface area contributed by atoms with Gasteiger partial charge in [0.2, 0.25) is 0 Å². The third kappa shape index (κ3) is 8.68. The number of nitrogen functional groups attached to an aromatic ring is 1. The number of carboxylic acids is 1. The number of hydrogen-bond donors (Lipinski definition) is 6. The minimum atomic E-state index is -5.02. The van der Waals surface area contributed by atoms with E-state index in [1.165, 1.54) is 19.2 Å². The number of ether oxygens (including phenoxy) is 1. The Balaban J connectivity index is 1.07. The van der Waals surface area contributed by atoms with E-state index in [-0.39, 0.29) is 10.8 Å². The van der Waals surface area contributed by atoms with Crippen LogP contribution in [0.3, 0.4) is 0 Å². The number of aromatic nitrogens is 2. The summed E-state index contributed by atoms with van der Waals surface area (Å²) in [5.41, 5.74) is 4.42. The molecule has 5 heterocycles. The monoisotopic (exact) mass is 761 g/mol. The van der Waals surface area contributed by atoms with Gasteiger partial charge in [-0.2, -0.15) is 13.5 Å². The number of β-lactam (4-membered cyclic amide) rings is 1. The third-order valence-electron chi connectivity index (χ3n) is 9.03. The lowest BCUT2D eigenvalue weighted by Crippen LogP contribution is -2.76. The molecule has 1 aromatic carbocycles. The molecule has 0 radical (unpaired) electrons. The van der Waals surface area contributed by atoms with E-state index in [0.29, 0.717) is 16.9 Å². The van der Waals surface area contributed by atoms with E-state index in [4.69, 9.17) is 24.8 Å². The van der Waals surface area contributed by atoms with E-state index in [1.807, 2.05) is 12.1 Å². The number of likely N-dealkylation sites (tertiary alicyclic amines) is 1. The molecule has 280 valence electrons. The Hall–Kier alpha value is -4.67. The Labute approximate surface area is 302 Å². The number of nitrogens with one attached hydrogen (secondary N) is 3. The minimum Gasteiger partial charge on any atom is -0.489 e. The van der Waals surface area contributed by atoms with E-state index in [2.05, 4.69) is 35.3 Å². The zero-order valence-electron chi connectivity index (χ0n) is 28.2. The highest BCUT2D eigenvalue weighted by molar-refractivity contribution is 7.80. The number of amides is 2. The van der Waals surface area contributed by atoms with Gasteiger partial charge in [-0.25, -0.2) is 14.8 Å². The van der Waals surface area contributed by atoms with Crippen LogP contribution in [0.5, 0.6) is 5.75 Å². The summed E-state index contributed by atoms with van der Waals surface area (Å²) < 4.78 is 41.3. The van der Waals surface area contributed by atoms with E-state index >= 15 is 0 Å². The quantitative estimate of drug-likeness (QED) is 0.0532. The van der Waals surface area contributed by atoms with Crippen LogP contribution in [0.2, 0.25) is 0 Å². The van der Waals surface area contributed by atoms with Gasteiger partial charge >= 0.3 is 16.4 Å². The zero-order valence-corrected chi connectivity index (χ0v) is 29.9. The van der Waals surface area contributed by atoms with Crippen molar-refractivity contribution in [3.63, 3.8) is 0 Å². The van der Waals surface area contributed by atoms with Crippen LogP contribution < -0.4 is 26.4 Å². The fourth-order valence-corrected chi connectivity index (χ4v) is 7.04. The average molecular weight is 762 g/mol. The van der Waals surface area contributed by atoms with Gasteiger partial charge in [0.1, 0.15) is 29.9 Å². The number of pyridine rings is 1. The number of anilines is 2. The summed E-state index contributed by atoms with van der Waals surface area (Å²) in [5, 5.41) is 25.4. The van der Waals surface area contributed by atoms with Crippen molar-refractivity contribution in [3.05, 3.63) is 41.4 Å². The van der Waals surface area contributed by atoms with Crippen molar-refractivity contribution in [2.75, 3.05) is 50.4 Å². The molecule has 3 saturated heterocycles. The number of hydrogen-bond acceptors (Lipinski definition) is 16. The molecule has 0 spiro atoms. The van der Waals surface area contributed by atoms with Gasteiger partial charge in [0.25, 0.3) is 17.9 Å². The molecule has 0 saturated carbocycles. The van der Waals surface area contributed by atoms with Gasteiger partial charge in [-0.1, -0.05) is 5.16 Å². The normalized spacial score (nSPS) is 20.5. The molecule has 52 heavy (non-hydrogen) atoms. The van der Waals surface area contributed by atoms with Crippen molar-refractivity contribution < 1.29 is 46.3 Å². The van der Waals surface area contributed by atoms with Crippen molar-refractivity contribution in [2.24, 2.45) is 11.1 Å². The summed E-state index contributed by atoms with van der Waals surface area (Å²) >= 11 is 0.965. The largest absolute Gasteiger partial charge is 0.489 e. The van der Waals surface area contributed by atoms with E-state index in [9.17, 15) is 27.9 Å². The van der Waals surface area contributed by atoms with Crippen molar-refractivity contribution in [3.8, 4) is 5.75 Å². The number of thiazole rings is 1. The second-order valence-electron chi connectivity index (χ2n) is 13.2. The van der Waals surface area contributed by atoms with Gasteiger partial charge in [0.15, 0.2) is 10.8 Å².